The summed E-state index contributed by atoms with van der Waals surface area (Å²) in [4.78, 5) is 13.0. The number of fused-ring (bicyclic) bond motifs is 5. The van der Waals surface area contributed by atoms with E-state index in [1.165, 1.54) is 56.9 Å². The standard InChI is InChI=1S/C27H40O/c1-5-19(6-2)9-7-10-20-14-16-23-22-15-13-21-11-8-12-25(28)27(21,4)24(22)17-18-26(20,23)3/h7-9,11-12,19-20,22-24H,5-6,10,13-18H2,1-4H3/b9-7+. The van der Waals surface area contributed by atoms with Gasteiger partial charge in [0.05, 0.1) is 5.41 Å². The first-order valence-corrected chi connectivity index (χ1v) is 12.0. The first-order valence-electron chi connectivity index (χ1n) is 12.0. The summed E-state index contributed by atoms with van der Waals surface area (Å²) in [6.45, 7) is 9.49. The summed E-state index contributed by atoms with van der Waals surface area (Å²) in [5.41, 5.74) is 1.71. The lowest BCUT2D eigenvalue weighted by Crippen LogP contribution is -2.52. The third kappa shape index (κ3) is 2.99. The highest BCUT2D eigenvalue weighted by atomic mass is 16.1. The van der Waals surface area contributed by atoms with Gasteiger partial charge in [-0.2, -0.15) is 0 Å². The van der Waals surface area contributed by atoms with Crippen LogP contribution >= 0.6 is 0 Å². The van der Waals surface area contributed by atoms with Gasteiger partial charge in [-0.05, 0) is 106 Å². The van der Waals surface area contributed by atoms with E-state index in [-0.39, 0.29) is 5.41 Å². The minimum absolute atomic E-state index is 0.202. The lowest BCUT2D eigenvalue weighted by molar-refractivity contribution is -0.131. The van der Waals surface area contributed by atoms with Gasteiger partial charge in [0.25, 0.3) is 0 Å². The highest BCUT2D eigenvalue weighted by Crippen LogP contribution is 2.66. The van der Waals surface area contributed by atoms with Gasteiger partial charge in [-0.1, -0.05) is 50.6 Å². The molecule has 0 aromatic carbocycles. The van der Waals surface area contributed by atoms with Crippen molar-refractivity contribution in [1.29, 1.82) is 0 Å². The van der Waals surface area contributed by atoms with E-state index < -0.39 is 0 Å². The Kier molecular flexibility index (Phi) is 5.49. The molecular formula is C27H40O. The molecule has 0 aromatic rings. The summed E-state index contributed by atoms with van der Waals surface area (Å²) >= 11 is 0. The zero-order valence-corrected chi connectivity index (χ0v) is 18.5. The van der Waals surface area contributed by atoms with Crippen molar-refractivity contribution < 1.29 is 4.79 Å². The second kappa shape index (κ2) is 7.62. The number of hydrogen-bond donors (Lipinski definition) is 0. The number of allylic oxidation sites excluding steroid dienone is 6. The van der Waals surface area contributed by atoms with E-state index >= 15 is 0 Å². The molecule has 0 aromatic heterocycles. The summed E-state index contributed by atoms with van der Waals surface area (Å²) in [7, 11) is 0. The van der Waals surface area contributed by atoms with E-state index in [1.54, 1.807) is 0 Å². The maximum absolute atomic E-state index is 13.0. The fraction of sp³-hybridized carbons (Fsp3) is 0.741. The zero-order chi connectivity index (χ0) is 19.9. The smallest absolute Gasteiger partial charge is 0.165 e. The molecule has 0 amide bonds. The lowest BCUT2D eigenvalue weighted by atomic mass is 9.47. The molecule has 3 saturated carbocycles. The maximum atomic E-state index is 13.0. The van der Waals surface area contributed by atoms with Gasteiger partial charge in [0, 0.05) is 0 Å². The second-order valence-corrected chi connectivity index (χ2v) is 10.6. The number of ketones is 1. The van der Waals surface area contributed by atoms with Crippen LogP contribution in [-0.2, 0) is 4.79 Å². The molecule has 6 unspecified atom stereocenters. The lowest BCUT2D eigenvalue weighted by Gasteiger charge is -2.57. The van der Waals surface area contributed by atoms with Crippen molar-refractivity contribution in [2.45, 2.75) is 85.5 Å². The summed E-state index contributed by atoms with van der Waals surface area (Å²) in [6.07, 6.45) is 22.7. The molecule has 154 valence electrons. The Morgan fingerprint density at radius 3 is 2.64 bits per heavy atom. The molecule has 4 aliphatic rings. The van der Waals surface area contributed by atoms with Crippen LogP contribution in [-0.4, -0.2) is 5.78 Å². The fourth-order valence-corrected chi connectivity index (χ4v) is 7.74. The van der Waals surface area contributed by atoms with Gasteiger partial charge in [0.15, 0.2) is 5.78 Å². The van der Waals surface area contributed by atoms with Gasteiger partial charge < -0.3 is 0 Å². The molecular weight excluding hydrogens is 340 g/mol. The molecule has 4 rings (SSSR count). The van der Waals surface area contributed by atoms with Gasteiger partial charge in [-0.25, -0.2) is 0 Å². The van der Waals surface area contributed by atoms with Crippen molar-refractivity contribution in [2.75, 3.05) is 0 Å². The van der Waals surface area contributed by atoms with E-state index in [0.717, 1.165) is 30.1 Å². The minimum atomic E-state index is -0.202. The molecule has 6 atom stereocenters. The molecule has 0 bridgehead atoms. The van der Waals surface area contributed by atoms with Gasteiger partial charge in [0.1, 0.15) is 0 Å². The van der Waals surface area contributed by atoms with Crippen LogP contribution in [0.3, 0.4) is 0 Å². The predicted molar refractivity (Wildman–Crippen MR) is 118 cm³/mol. The van der Waals surface area contributed by atoms with Crippen molar-refractivity contribution in [3.8, 4) is 0 Å². The number of carbonyl (C=O) groups is 1. The summed E-state index contributed by atoms with van der Waals surface area (Å²) in [6, 6.07) is 0. The van der Waals surface area contributed by atoms with E-state index in [1.807, 2.05) is 12.2 Å². The Balaban J connectivity index is 1.52. The highest BCUT2D eigenvalue weighted by Gasteiger charge is 2.59. The molecule has 0 saturated heterocycles. The first-order chi connectivity index (χ1) is 13.4. The van der Waals surface area contributed by atoms with Gasteiger partial charge in [-0.15, -0.1) is 0 Å². The average Bonchev–Trinajstić information content (AvgIpc) is 3.03. The van der Waals surface area contributed by atoms with Crippen molar-refractivity contribution in [1.82, 2.24) is 0 Å². The third-order valence-corrected chi connectivity index (χ3v) is 9.72. The van der Waals surface area contributed by atoms with Gasteiger partial charge in [-0.3, -0.25) is 4.79 Å². The average molecular weight is 381 g/mol. The van der Waals surface area contributed by atoms with E-state index in [0.29, 0.717) is 17.1 Å². The zero-order valence-electron chi connectivity index (χ0n) is 18.5. The summed E-state index contributed by atoms with van der Waals surface area (Å²) < 4.78 is 0. The van der Waals surface area contributed by atoms with Crippen molar-refractivity contribution >= 4 is 5.78 Å². The monoisotopic (exact) mass is 380 g/mol. The molecule has 0 heterocycles. The molecule has 4 aliphatic carbocycles. The van der Waals surface area contributed by atoms with E-state index in [9.17, 15) is 4.79 Å². The quantitative estimate of drug-likeness (QED) is 0.457. The van der Waals surface area contributed by atoms with Gasteiger partial charge in [0.2, 0.25) is 0 Å². The van der Waals surface area contributed by atoms with Crippen LogP contribution in [0.2, 0.25) is 0 Å². The molecule has 3 fully saturated rings. The summed E-state index contributed by atoms with van der Waals surface area (Å²) in [5, 5.41) is 0. The minimum Gasteiger partial charge on any atom is -0.294 e. The van der Waals surface area contributed by atoms with Crippen LogP contribution in [0.1, 0.15) is 85.5 Å². The molecule has 0 spiro atoms. The predicted octanol–water partition coefficient (Wildman–Crippen LogP) is 7.29. The molecule has 0 aliphatic heterocycles. The highest BCUT2D eigenvalue weighted by molar-refractivity contribution is 5.99. The molecule has 1 heteroatoms. The molecule has 0 radical (unpaired) electrons. The van der Waals surface area contributed by atoms with Crippen LogP contribution in [0, 0.1) is 40.4 Å². The Labute approximate surface area is 172 Å². The van der Waals surface area contributed by atoms with Gasteiger partial charge >= 0.3 is 0 Å². The normalized spacial score (nSPS) is 42.5. The Morgan fingerprint density at radius 2 is 1.89 bits per heavy atom. The van der Waals surface area contributed by atoms with Crippen LogP contribution in [0.5, 0.6) is 0 Å². The molecule has 0 N–H and O–H groups in total. The first kappa shape index (κ1) is 20.2. The third-order valence-electron chi connectivity index (χ3n) is 9.72. The van der Waals surface area contributed by atoms with Crippen LogP contribution in [0.15, 0.2) is 36.0 Å². The largest absolute Gasteiger partial charge is 0.294 e. The van der Waals surface area contributed by atoms with Crippen molar-refractivity contribution in [2.24, 2.45) is 40.4 Å². The topological polar surface area (TPSA) is 17.1 Å². The SMILES string of the molecule is CCC(/C=C/CC1CCC2C3CCC4=CC=CC(=O)C4(C)C3CCC12C)CC. The number of rotatable bonds is 5. The second-order valence-electron chi connectivity index (χ2n) is 10.6. The Morgan fingerprint density at radius 1 is 1.11 bits per heavy atom. The number of hydrogen-bond acceptors (Lipinski definition) is 1. The molecule has 1 nitrogen and oxygen atoms in total. The summed E-state index contributed by atoms with van der Waals surface area (Å²) in [5.74, 6) is 4.14. The number of carbonyl (C=O) groups excluding carboxylic acids is 1. The fourth-order valence-electron chi connectivity index (χ4n) is 7.74. The van der Waals surface area contributed by atoms with E-state index in [4.69, 9.17) is 0 Å². The van der Waals surface area contributed by atoms with E-state index in [2.05, 4.69) is 45.9 Å². The van der Waals surface area contributed by atoms with Crippen LogP contribution < -0.4 is 0 Å². The maximum Gasteiger partial charge on any atom is 0.165 e. The Bertz CT molecular complexity index is 693. The van der Waals surface area contributed by atoms with Crippen molar-refractivity contribution in [3.63, 3.8) is 0 Å². The molecule has 28 heavy (non-hydrogen) atoms. The van der Waals surface area contributed by atoms with Crippen LogP contribution in [0.4, 0.5) is 0 Å². The van der Waals surface area contributed by atoms with Crippen LogP contribution in [0.25, 0.3) is 0 Å². The Hall–Kier alpha value is -1.11. The van der Waals surface area contributed by atoms with Crippen molar-refractivity contribution in [3.05, 3.63) is 36.0 Å².